The minimum Gasteiger partial charge on any atom is -0.496 e. The fraction of sp³-hybridized carbons (Fsp3) is 0.294. The summed E-state index contributed by atoms with van der Waals surface area (Å²) in [5, 5.41) is 3.84. The fourth-order valence-corrected chi connectivity index (χ4v) is 2.71. The average Bonchev–Trinajstić information content (AvgIpc) is 2.47. The van der Waals surface area contributed by atoms with Gasteiger partial charge in [0, 0.05) is 11.1 Å². The standard InChI is InChI=1S/C17H19ClFNO/c1-3-20-16(14-9-8-13(19)11-15(14)18)10-12-6-4-5-7-17(12)21-2/h4-9,11,16,20H,3,10H2,1-2H3. The summed E-state index contributed by atoms with van der Waals surface area (Å²) in [7, 11) is 1.66. The van der Waals surface area contributed by atoms with Crippen molar-refractivity contribution in [1.29, 1.82) is 0 Å². The topological polar surface area (TPSA) is 21.3 Å². The molecule has 2 aromatic rings. The Balaban J connectivity index is 2.30. The number of ether oxygens (including phenoxy) is 1. The lowest BCUT2D eigenvalue weighted by molar-refractivity contribution is 0.405. The van der Waals surface area contributed by atoms with E-state index >= 15 is 0 Å². The van der Waals surface area contributed by atoms with E-state index in [1.165, 1.54) is 12.1 Å². The average molecular weight is 308 g/mol. The van der Waals surface area contributed by atoms with Crippen LogP contribution in [0.5, 0.6) is 5.75 Å². The highest BCUT2D eigenvalue weighted by molar-refractivity contribution is 6.31. The molecule has 0 aliphatic rings. The van der Waals surface area contributed by atoms with Gasteiger partial charge in [0.2, 0.25) is 0 Å². The first-order valence-electron chi connectivity index (χ1n) is 6.96. The van der Waals surface area contributed by atoms with Crippen molar-refractivity contribution in [3.05, 3.63) is 64.4 Å². The van der Waals surface area contributed by atoms with Crippen LogP contribution in [0, 0.1) is 5.82 Å². The van der Waals surface area contributed by atoms with Gasteiger partial charge in [-0.3, -0.25) is 0 Å². The second kappa shape index (κ2) is 7.43. The van der Waals surface area contributed by atoms with E-state index in [4.69, 9.17) is 16.3 Å². The number of benzene rings is 2. The predicted octanol–water partition coefficient (Wildman–Crippen LogP) is 4.38. The second-order valence-electron chi connectivity index (χ2n) is 4.79. The Kier molecular flexibility index (Phi) is 5.59. The Bertz CT molecular complexity index is 603. The molecule has 2 nitrogen and oxygen atoms in total. The number of rotatable bonds is 6. The Labute approximate surface area is 129 Å². The van der Waals surface area contributed by atoms with Gasteiger partial charge < -0.3 is 10.1 Å². The van der Waals surface area contributed by atoms with E-state index in [0.29, 0.717) is 5.02 Å². The van der Waals surface area contributed by atoms with Crippen LogP contribution in [-0.2, 0) is 6.42 Å². The molecule has 2 rings (SSSR count). The molecular weight excluding hydrogens is 289 g/mol. The van der Waals surface area contributed by atoms with E-state index in [2.05, 4.69) is 5.32 Å². The molecule has 2 aromatic carbocycles. The van der Waals surface area contributed by atoms with Crippen molar-refractivity contribution in [2.45, 2.75) is 19.4 Å². The zero-order chi connectivity index (χ0) is 15.2. The molecule has 0 fully saturated rings. The van der Waals surface area contributed by atoms with Gasteiger partial charge in [-0.25, -0.2) is 4.39 Å². The Hall–Kier alpha value is -1.58. The lowest BCUT2D eigenvalue weighted by Gasteiger charge is -2.21. The smallest absolute Gasteiger partial charge is 0.124 e. The Morgan fingerprint density at radius 1 is 1.24 bits per heavy atom. The number of halogens is 2. The second-order valence-corrected chi connectivity index (χ2v) is 5.20. The van der Waals surface area contributed by atoms with E-state index in [1.54, 1.807) is 13.2 Å². The van der Waals surface area contributed by atoms with Crippen molar-refractivity contribution in [2.24, 2.45) is 0 Å². The van der Waals surface area contributed by atoms with Crippen molar-refractivity contribution in [2.75, 3.05) is 13.7 Å². The van der Waals surface area contributed by atoms with Gasteiger partial charge in [-0.05, 0) is 42.3 Å². The van der Waals surface area contributed by atoms with E-state index in [-0.39, 0.29) is 11.9 Å². The molecule has 0 saturated heterocycles. The number of hydrogen-bond donors (Lipinski definition) is 1. The third-order valence-corrected chi connectivity index (χ3v) is 3.73. The van der Waals surface area contributed by atoms with Gasteiger partial charge in [0.1, 0.15) is 11.6 Å². The summed E-state index contributed by atoms with van der Waals surface area (Å²) < 4.78 is 18.6. The Morgan fingerprint density at radius 3 is 2.67 bits per heavy atom. The number of likely N-dealkylation sites (N-methyl/N-ethyl adjacent to an activating group) is 1. The van der Waals surface area contributed by atoms with Crippen molar-refractivity contribution < 1.29 is 9.13 Å². The van der Waals surface area contributed by atoms with Crippen LogP contribution in [-0.4, -0.2) is 13.7 Å². The molecule has 0 bridgehead atoms. The van der Waals surface area contributed by atoms with Crippen LogP contribution in [0.4, 0.5) is 4.39 Å². The van der Waals surface area contributed by atoms with Gasteiger partial charge in [-0.15, -0.1) is 0 Å². The van der Waals surface area contributed by atoms with Crippen molar-refractivity contribution >= 4 is 11.6 Å². The quantitative estimate of drug-likeness (QED) is 0.855. The van der Waals surface area contributed by atoms with Crippen LogP contribution in [0.25, 0.3) is 0 Å². The van der Waals surface area contributed by atoms with Gasteiger partial charge in [0.15, 0.2) is 0 Å². The summed E-state index contributed by atoms with van der Waals surface area (Å²) in [4.78, 5) is 0. The molecule has 0 aromatic heterocycles. The normalized spacial score (nSPS) is 12.2. The summed E-state index contributed by atoms with van der Waals surface area (Å²) in [5.41, 5.74) is 1.98. The molecule has 112 valence electrons. The highest BCUT2D eigenvalue weighted by Crippen LogP contribution is 2.29. The largest absolute Gasteiger partial charge is 0.496 e. The highest BCUT2D eigenvalue weighted by atomic mass is 35.5. The third kappa shape index (κ3) is 3.96. The van der Waals surface area contributed by atoms with Crippen LogP contribution in [0.3, 0.4) is 0 Å². The van der Waals surface area contributed by atoms with Crippen molar-refractivity contribution in [3.63, 3.8) is 0 Å². The molecule has 1 unspecified atom stereocenters. The number of hydrogen-bond acceptors (Lipinski definition) is 2. The van der Waals surface area contributed by atoms with E-state index in [0.717, 1.165) is 29.8 Å². The number of para-hydroxylation sites is 1. The van der Waals surface area contributed by atoms with Crippen LogP contribution in [0.2, 0.25) is 5.02 Å². The summed E-state index contributed by atoms with van der Waals surface area (Å²) >= 11 is 6.19. The van der Waals surface area contributed by atoms with E-state index < -0.39 is 0 Å². The molecule has 0 aliphatic carbocycles. The van der Waals surface area contributed by atoms with Crippen LogP contribution < -0.4 is 10.1 Å². The molecule has 0 spiro atoms. The summed E-state index contributed by atoms with van der Waals surface area (Å²) in [6.07, 6.45) is 0.725. The molecule has 0 saturated carbocycles. The molecule has 0 aliphatic heterocycles. The number of methoxy groups -OCH3 is 1. The molecule has 0 amide bonds. The summed E-state index contributed by atoms with van der Waals surface area (Å²) in [5.74, 6) is 0.523. The molecule has 21 heavy (non-hydrogen) atoms. The lowest BCUT2D eigenvalue weighted by atomic mass is 9.98. The zero-order valence-electron chi connectivity index (χ0n) is 12.2. The summed E-state index contributed by atoms with van der Waals surface area (Å²) in [6.45, 7) is 2.83. The first kappa shape index (κ1) is 15.8. The van der Waals surface area contributed by atoms with Crippen LogP contribution in [0.15, 0.2) is 42.5 Å². The van der Waals surface area contributed by atoms with Gasteiger partial charge >= 0.3 is 0 Å². The minimum atomic E-state index is -0.323. The molecule has 0 radical (unpaired) electrons. The first-order chi connectivity index (χ1) is 10.2. The van der Waals surface area contributed by atoms with Crippen LogP contribution >= 0.6 is 11.6 Å². The first-order valence-corrected chi connectivity index (χ1v) is 7.33. The van der Waals surface area contributed by atoms with E-state index in [1.807, 2.05) is 31.2 Å². The maximum absolute atomic E-state index is 13.2. The highest BCUT2D eigenvalue weighted by Gasteiger charge is 2.16. The van der Waals surface area contributed by atoms with Crippen molar-refractivity contribution in [3.8, 4) is 5.75 Å². The van der Waals surface area contributed by atoms with Gasteiger partial charge in [-0.2, -0.15) is 0 Å². The molecular formula is C17H19ClFNO. The third-order valence-electron chi connectivity index (χ3n) is 3.40. The monoisotopic (exact) mass is 307 g/mol. The predicted molar refractivity (Wildman–Crippen MR) is 84.5 cm³/mol. The van der Waals surface area contributed by atoms with Gasteiger partial charge in [0.25, 0.3) is 0 Å². The Morgan fingerprint density at radius 2 is 2.00 bits per heavy atom. The van der Waals surface area contributed by atoms with Crippen molar-refractivity contribution in [1.82, 2.24) is 5.32 Å². The van der Waals surface area contributed by atoms with Crippen LogP contribution in [0.1, 0.15) is 24.1 Å². The maximum Gasteiger partial charge on any atom is 0.124 e. The number of nitrogens with one attached hydrogen (secondary N) is 1. The molecule has 4 heteroatoms. The van der Waals surface area contributed by atoms with Gasteiger partial charge in [-0.1, -0.05) is 42.8 Å². The lowest BCUT2D eigenvalue weighted by Crippen LogP contribution is -2.23. The van der Waals surface area contributed by atoms with Gasteiger partial charge in [0.05, 0.1) is 7.11 Å². The van der Waals surface area contributed by atoms with E-state index in [9.17, 15) is 4.39 Å². The minimum absolute atomic E-state index is 0.0133. The maximum atomic E-state index is 13.2. The summed E-state index contributed by atoms with van der Waals surface area (Å²) in [6, 6.07) is 12.4. The molecule has 1 N–H and O–H groups in total. The zero-order valence-corrected chi connectivity index (χ0v) is 13.0. The molecule has 0 heterocycles. The SMILES string of the molecule is CCNC(Cc1ccccc1OC)c1ccc(F)cc1Cl. The fourth-order valence-electron chi connectivity index (χ4n) is 2.41. The molecule has 1 atom stereocenters.